The van der Waals surface area contributed by atoms with Crippen molar-refractivity contribution in [3.05, 3.63) is 42.1 Å². The molecule has 1 aromatic carbocycles. The first-order chi connectivity index (χ1) is 9.28. The Hall–Kier alpha value is -2.27. The van der Waals surface area contributed by atoms with Crippen molar-refractivity contribution in [2.75, 3.05) is 14.2 Å². The van der Waals surface area contributed by atoms with Crippen LogP contribution in [0.1, 0.15) is 5.56 Å². The van der Waals surface area contributed by atoms with E-state index in [1.165, 1.54) is 0 Å². The molecule has 0 saturated heterocycles. The highest BCUT2D eigenvalue weighted by Gasteiger charge is 2.10. The first kappa shape index (κ1) is 13.2. The van der Waals surface area contributed by atoms with Crippen molar-refractivity contribution in [1.82, 2.24) is 4.98 Å². The van der Waals surface area contributed by atoms with Gasteiger partial charge in [-0.15, -0.1) is 0 Å². The van der Waals surface area contributed by atoms with Crippen LogP contribution >= 0.6 is 0 Å². The molecule has 2 N–H and O–H groups in total. The zero-order valence-corrected chi connectivity index (χ0v) is 10.9. The molecule has 0 bridgehead atoms. The van der Waals surface area contributed by atoms with Gasteiger partial charge in [0.05, 0.1) is 14.2 Å². The molecule has 100 valence electrons. The fourth-order valence-corrected chi connectivity index (χ4v) is 1.64. The smallest absolute Gasteiger partial charge is 0.262 e. The number of nitrogens with two attached hydrogens (primary N) is 1. The van der Waals surface area contributed by atoms with E-state index < -0.39 is 0 Å². The van der Waals surface area contributed by atoms with Gasteiger partial charge < -0.3 is 19.9 Å². The lowest BCUT2D eigenvalue weighted by Crippen LogP contribution is -1.99. The minimum atomic E-state index is 0.392. The van der Waals surface area contributed by atoms with E-state index in [-0.39, 0.29) is 0 Å². The number of rotatable bonds is 5. The molecule has 0 aliphatic carbocycles. The number of aromatic nitrogens is 1. The van der Waals surface area contributed by atoms with Crippen LogP contribution in [0.3, 0.4) is 0 Å². The van der Waals surface area contributed by atoms with Gasteiger partial charge in [0.1, 0.15) is 0 Å². The van der Waals surface area contributed by atoms with Crippen molar-refractivity contribution < 1.29 is 14.2 Å². The van der Waals surface area contributed by atoms with Crippen LogP contribution in [0.2, 0.25) is 0 Å². The Balaban J connectivity index is 2.32. The average Bonchev–Trinajstić information content (AvgIpc) is 2.48. The molecular formula is C14H16N2O3. The SMILES string of the molecule is COc1cc(CN)ccc1Oc1ncccc1OC. The summed E-state index contributed by atoms with van der Waals surface area (Å²) in [4.78, 5) is 4.14. The normalized spacial score (nSPS) is 10.1. The van der Waals surface area contributed by atoms with Crippen molar-refractivity contribution >= 4 is 0 Å². The lowest BCUT2D eigenvalue weighted by atomic mass is 10.2. The standard InChI is InChI=1S/C14H16N2O3/c1-17-12-4-3-7-16-14(12)19-11-6-5-10(9-15)8-13(11)18-2/h3-8H,9,15H2,1-2H3. The number of pyridine rings is 1. The highest BCUT2D eigenvalue weighted by atomic mass is 16.5. The predicted molar refractivity (Wildman–Crippen MR) is 71.7 cm³/mol. The molecule has 0 amide bonds. The van der Waals surface area contributed by atoms with E-state index >= 15 is 0 Å². The lowest BCUT2D eigenvalue weighted by molar-refractivity contribution is 0.348. The third-order valence-electron chi connectivity index (χ3n) is 2.63. The molecular weight excluding hydrogens is 244 g/mol. The topological polar surface area (TPSA) is 66.6 Å². The van der Waals surface area contributed by atoms with Crippen molar-refractivity contribution in [2.45, 2.75) is 6.54 Å². The number of hydrogen-bond donors (Lipinski definition) is 1. The van der Waals surface area contributed by atoms with E-state index in [1.807, 2.05) is 12.1 Å². The van der Waals surface area contributed by atoms with Crippen LogP contribution in [0.25, 0.3) is 0 Å². The first-order valence-corrected chi connectivity index (χ1v) is 5.82. The summed E-state index contributed by atoms with van der Waals surface area (Å²) in [6, 6.07) is 9.08. The summed E-state index contributed by atoms with van der Waals surface area (Å²) in [5.74, 6) is 2.13. The Morgan fingerprint density at radius 2 is 1.84 bits per heavy atom. The fraction of sp³-hybridized carbons (Fsp3) is 0.214. The van der Waals surface area contributed by atoms with E-state index in [9.17, 15) is 0 Å². The van der Waals surface area contributed by atoms with Gasteiger partial charge in [0.2, 0.25) is 0 Å². The average molecular weight is 260 g/mol. The lowest BCUT2D eigenvalue weighted by Gasteiger charge is -2.12. The summed E-state index contributed by atoms with van der Waals surface area (Å²) in [6.07, 6.45) is 1.64. The number of ether oxygens (including phenoxy) is 3. The van der Waals surface area contributed by atoms with E-state index in [0.717, 1.165) is 5.56 Å². The van der Waals surface area contributed by atoms with Gasteiger partial charge in [-0.1, -0.05) is 6.07 Å². The summed E-state index contributed by atoms with van der Waals surface area (Å²) in [7, 11) is 3.15. The first-order valence-electron chi connectivity index (χ1n) is 5.82. The Labute approximate surface area is 111 Å². The number of nitrogens with zero attached hydrogens (tertiary/aromatic N) is 1. The summed E-state index contributed by atoms with van der Waals surface area (Å²) >= 11 is 0. The van der Waals surface area contributed by atoms with Gasteiger partial charge in [0.25, 0.3) is 5.88 Å². The Bertz CT molecular complexity index is 558. The van der Waals surface area contributed by atoms with Gasteiger partial charge in [-0.3, -0.25) is 0 Å². The monoisotopic (exact) mass is 260 g/mol. The van der Waals surface area contributed by atoms with E-state index in [0.29, 0.717) is 29.7 Å². The molecule has 0 unspecified atom stereocenters. The van der Waals surface area contributed by atoms with Gasteiger partial charge in [0, 0.05) is 12.7 Å². The van der Waals surface area contributed by atoms with Gasteiger partial charge in [-0.05, 0) is 29.8 Å². The molecule has 1 aromatic heterocycles. The Morgan fingerprint density at radius 1 is 1.05 bits per heavy atom. The van der Waals surface area contributed by atoms with Gasteiger partial charge in [0.15, 0.2) is 17.2 Å². The molecule has 5 nitrogen and oxygen atoms in total. The van der Waals surface area contributed by atoms with Crippen LogP contribution in [0.4, 0.5) is 0 Å². The van der Waals surface area contributed by atoms with Crippen LogP contribution in [-0.2, 0) is 6.54 Å². The molecule has 2 rings (SSSR count). The molecule has 0 aliphatic rings. The van der Waals surface area contributed by atoms with Gasteiger partial charge in [-0.25, -0.2) is 4.98 Å². The second-order valence-corrected chi connectivity index (χ2v) is 3.80. The van der Waals surface area contributed by atoms with Crippen LogP contribution in [-0.4, -0.2) is 19.2 Å². The molecule has 2 aromatic rings. The summed E-state index contributed by atoms with van der Waals surface area (Å²) in [5.41, 5.74) is 6.56. The molecule has 0 saturated carbocycles. The van der Waals surface area contributed by atoms with Crippen molar-refractivity contribution in [1.29, 1.82) is 0 Å². The molecule has 19 heavy (non-hydrogen) atoms. The molecule has 0 aliphatic heterocycles. The minimum Gasteiger partial charge on any atom is -0.493 e. The van der Waals surface area contributed by atoms with E-state index in [1.54, 1.807) is 38.6 Å². The van der Waals surface area contributed by atoms with Crippen molar-refractivity contribution in [3.63, 3.8) is 0 Å². The van der Waals surface area contributed by atoms with E-state index in [2.05, 4.69) is 4.98 Å². The van der Waals surface area contributed by atoms with Crippen LogP contribution in [0.5, 0.6) is 23.1 Å². The number of hydrogen-bond acceptors (Lipinski definition) is 5. The summed E-state index contributed by atoms with van der Waals surface area (Å²) in [6.45, 7) is 0.448. The fourth-order valence-electron chi connectivity index (χ4n) is 1.64. The maximum Gasteiger partial charge on any atom is 0.262 e. The molecule has 1 heterocycles. The third kappa shape index (κ3) is 2.95. The summed E-state index contributed by atoms with van der Waals surface area (Å²) < 4.78 is 16.2. The third-order valence-corrected chi connectivity index (χ3v) is 2.63. The second kappa shape index (κ2) is 6.06. The molecule has 0 radical (unpaired) electrons. The Kier molecular flexibility index (Phi) is 4.20. The van der Waals surface area contributed by atoms with Gasteiger partial charge in [-0.2, -0.15) is 0 Å². The molecule has 5 heteroatoms. The van der Waals surface area contributed by atoms with E-state index in [4.69, 9.17) is 19.9 Å². The van der Waals surface area contributed by atoms with Gasteiger partial charge >= 0.3 is 0 Å². The maximum absolute atomic E-state index is 5.72. The largest absolute Gasteiger partial charge is 0.493 e. The molecule has 0 spiro atoms. The summed E-state index contributed by atoms with van der Waals surface area (Å²) in [5, 5.41) is 0. The molecule has 0 atom stereocenters. The quantitative estimate of drug-likeness (QED) is 0.893. The number of benzene rings is 1. The predicted octanol–water partition coefficient (Wildman–Crippen LogP) is 2.35. The molecule has 0 fully saturated rings. The van der Waals surface area contributed by atoms with Crippen LogP contribution in [0, 0.1) is 0 Å². The second-order valence-electron chi connectivity index (χ2n) is 3.80. The van der Waals surface area contributed by atoms with Crippen LogP contribution < -0.4 is 19.9 Å². The maximum atomic E-state index is 5.72. The minimum absolute atomic E-state index is 0.392. The highest BCUT2D eigenvalue weighted by Crippen LogP contribution is 2.35. The van der Waals surface area contributed by atoms with Crippen molar-refractivity contribution in [2.24, 2.45) is 5.73 Å². The zero-order chi connectivity index (χ0) is 13.7. The van der Waals surface area contributed by atoms with Crippen LogP contribution in [0.15, 0.2) is 36.5 Å². The number of methoxy groups -OCH3 is 2. The zero-order valence-electron chi connectivity index (χ0n) is 10.9. The van der Waals surface area contributed by atoms with Crippen molar-refractivity contribution in [3.8, 4) is 23.1 Å². The highest BCUT2D eigenvalue weighted by molar-refractivity contribution is 5.46. The Morgan fingerprint density at radius 3 is 2.53 bits per heavy atom.